The van der Waals surface area contributed by atoms with Crippen LogP contribution in [0.25, 0.3) is 11.3 Å². The summed E-state index contributed by atoms with van der Waals surface area (Å²) in [5.41, 5.74) is 8.26. The number of aromatic nitrogens is 2. The third kappa shape index (κ3) is 2.90. The van der Waals surface area contributed by atoms with Gasteiger partial charge in [-0.1, -0.05) is 23.7 Å². The van der Waals surface area contributed by atoms with Gasteiger partial charge in [0.15, 0.2) is 11.8 Å². The highest BCUT2D eigenvalue weighted by Crippen LogP contribution is 2.29. The molecule has 2 heterocycles. The van der Waals surface area contributed by atoms with E-state index in [2.05, 4.69) is 25.6 Å². The molecule has 1 aliphatic heterocycles. The fourth-order valence-corrected chi connectivity index (χ4v) is 2.22. The molecule has 0 bridgehead atoms. The van der Waals surface area contributed by atoms with Crippen LogP contribution in [0.15, 0.2) is 29.3 Å². The van der Waals surface area contributed by atoms with Crippen molar-refractivity contribution in [1.29, 1.82) is 0 Å². The van der Waals surface area contributed by atoms with E-state index in [-0.39, 0.29) is 0 Å². The molecule has 3 rings (SSSR count). The quantitative estimate of drug-likeness (QED) is 0.790. The molecule has 6 nitrogen and oxygen atoms in total. The zero-order chi connectivity index (χ0) is 14.8. The van der Waals surface area contributed by atoms with Crippen molar-refractivity contribution in [3.05, 3.63) is 35.1 Å². The van der Waals surface area contributed by atoms with E-state index in [1.54, 1.807) is 0 Å². The molecule has 0 unspecified atom stereocenters. The molecule has 0 aliphatic carbocycles. The van der Waals surface area contributed by atoms with Crippen molar-refractivity contribution in [3.8, 4) is 11.3 Å². The van der Waals surface area contributed by atoms with Crippen LogP contribution < -0.4 is 16.4 Å². The smallest absolute Gasteiger partial charge is 0.197 e. The number of nitrogens with zero attached hydrogens (tertiary/aromatic N) is 3. The van der Waals surface area contributed by atoms with Crippen LogP contribution in [0.2, 0.25) is 5.02 Å². The molecule has 0 radical (unpaired) electrons. The van der Waals surface area contributed by atoms with Gasteiger partial charge in [-0.05, 0) is 19.1 Å². The number of aryl methyl sites for hydroxylation is 1. The topological polar surface area (TPSA) is 88.2 Å². The van der Waals surface area contributed by atoms with E-state index in [1.165, 1.54) is 0 Å². The molecule has 2 aromatic rings. The van der Waals surface area contributed by atoms with Gasteiger partial charge >= 0.3 is 0 Å². The van der Waals surface area contributed by atoms with Crippen LogP contribution in [-0.2, 0) is 0 Å². The van der Waals surface area contributed by atoms with E-state index in [0.29, 0.717) is 34.0 Å². The van der Waals surface area contributed by atoms with E-state index in [0.717, 1.165) is 18.7 Å². The first-order chi connectivity index (χ1) is 10.1. The molecular formula is C14H15ClN6. The third-order valence-electron chi connectivity index (χ3n) is 3.09. The first kappa shape index (κ1) is 13.6. The van der Waals surface area contributed by atoms with Crippen molar-refractivity contribution < 1.29 is 0 Å². The molecule has 0 spiro atoms. The average Bonchev–Trinajstić information content (AvgIpc) is 2.96. The van der Waals surface area contributed by atoms with Crippen molar-refractivity contribution >= 4 is 29.1 Å². The van der Waals surface area contributed by atoms with Crippen molar-refractivity contribution in [1.82, 2.24) is 15.3 Å². The maximum absolute atomic E-state index is 6.20. The summed E-state index contributed by atoms with van der Waals surface area (Å²) in [6.45, 7) is 3.39. The Balaban J connectivity index is 2.00. The zero-order valence-corrected chi connectivity index (χ0v) is 12.3. The number of halogens is 1. The highest BCUT2D eigenvalue weighted by molar-refractivity contribution is 6.30. The molecule has 4 N–H and O–H groups in total. The van der Waals surface area contributed by atoms with Crippen LogP contribution in [-0.4, -0.2) is 29.0 Å². The van der Waals surface area contributed by atoms with E-state index >= 15 is 0 Å². The van der Waals surface area contributed by atoms with Crippen molar-refractivity contribution in [2.45, 2.75) is 6.92 Å². The van der Waals surface area contributed by atoms with E-state index in [1.807, 2.05) is 31.2 Å². The predicted molar refractivity (Wildman–Crippen MR) is 85.6 cm³/mol. The second-order valence-corrected chi connectivity index (χ2v) is 5.11. The lowest BCUT2D eigenvalue weighted by molar-refractivity contribution is 0.958. The Hall–Kier alpha value is -2.34. The summed E-state index contributed by atoms with van der Waals surface area (Å²) in [5.74, 6) is 1.87. The van der Waals surface area contributed by atoms with Crippen LogP contribution in [0.3, 0.4) is 0 Å². The number of guanidine groups is 1. The van der Waals surface area contributed by atoms with Crippen LogP contribution in [0.5, 0.6) is 0 Å². The SMILES string of the molecule is Cc1nc(NC2=NCCN2)c(N)c(-c2ccc(Cl)cc2)n1. The fraction of sp³-hybridized carbons (Fsp3) is 0.214. The summed E-state index contributed by atoms with van der Waals surface area (Å²) >= 11 is 5.91. The Bertz CT molecular complexity index is 695. The largest absolute Gasteiger partial charge is 0.394 e. The highest BCUT2D eigenvalue weighted by atomic mass is 35.5. The molecule has 108 valence electrons. The minimum atomic E-state index is 0.485. The van der Waals surface area contributed by atoms with Gasteiger partial charge in [0, 0.05) is 17.1 Å². The van der Waals surface area contributed by atoms with Crippen LogP contribution in [0.1, 0.15) is 5.82 Å². The highest BCUT2D eigenvalue weighted by Gasteiger charge is 2.14. The standard InChI is InChI=1S/C14H15ClN6/c1-8-19-12(9-2-4-10(15)5-3-9)11(16)13(20-8)21-14-17-6-7-18-14/h2-5H,6-7,16H2,1H3,(H2,17,18,19,20,21). The maximum Gasteiger partial charge on any atom is 0.197 e. The first-order valence-corrected chi connectivity index (χ1v) is 6.96. The second kappa shape index (κ2) is 5.57. The lowest BCUT2D eigenvalue weighted by Gasteiger charge is -2.13. The second-order valence-electron chi connectivity index (χ2n) is 4.67. The normalized spacial score (nSPS) is 13.7. The summed E-state index contributed by atoms with van der Waals surface area (Å²) in [5, 5.41) is 6.90. The van der Waals surface area contributed by atoms with Crippen molar-refractivity contribution in [2.75, 3.05) is 24.1 Å². The number of benzene rings is 1. The summed E-state index contributed by atoms with van der Waals surface area (Å²) in [4.78, 5) is 13.1. The minimum Gasteiger partial charge on any atom is -0.394 e. The number of hydrogen-bond acceptors (Lipinski definition) is 6. The van der Waals surface area contributed by atoms with Crippen LogP contribution >= 0.6 is 11.6 Å². The number of hydrogen-bond donors (Lipinski definition) is 3. The Morgan fingerprint density at radius 1 is 1.24 bits per heavy atom. The lowest BCUT2D eigenvalue weighted by Crippen LogP contribution is -2.27. The fourth-order valence-electron chi connectivity index (χ4n) is 2.10. The Morgan fingerprint density at radius 3 is 2.67 bits per heavy atom. The molecule has 0 saturated heterocycles. The first-order valence-electron chi connectivity index (χ1n) is 6.59. The third-order valence-corrected chi connectivity index (χ3v) is 3.34. The minimum absolute atomic E-state index is 0.485. The Labute approximate surface area is 127 Å². The zero-order valence-electron chi connectivity index (χ0n) is 11.5. The van der Waals surface area contributed by atoms with E-state index in [4.69, 9.17) is 17.3 Å². The van der Waals surface area contributed by atoms with Gasteiger partial charge in [0.1, 0.15) is 11.5 Å². The molecule has 1 aliphatic rings. The van der Waals surface area contributed by atoms with Crippen LogP contribution in [0.4, 0.5) is 11.5 Å². The maximum atomic E-state index is 6.20. The number of anilines is 2. The number of nitrogens with two attached hydrogens (primary N) is 1. The molecule has 0 fully saturated rings. The molecule has 0 amide bonds. The summed E-state index contributed by atoms with van der Waals surface area (Å²) in [7, 11) is 0. The number of rotatable bonds is 2. The number of nitrogen functional groups attached to an aromatic ring is 1. The van der Waals surface area contributed by atoms with E-state index < -0.39 is 0 Å². The van der Waals surface area contributed by atoms with Crippen LogP contribution in [0, 0.1) is 6.92 Å². The number of nitrogens with one attached hydrogen (secondary N) is 2. The molecular weight excluding hydrogens is 288 g/mol. The molecule has 21 heavy (non-hydrogen) atoms. The van der Waals surface area contributed by atoms with Gasteiger partial charge in [-0.15, -0.1) is 0 Å². The average molecular weight is 303 g/mol. The van der Waals surface area contributed by atoms with Gasteiger partial charge in [-0.3, -0.25) is 4.99 Å². The monoisotopic (exact) mass is 302 g/mol. The molecule has 1 aromatic carbocycles. The predicted octanol–water partition coefficient (Wildman–Crippen LogP) is 2.06. The number of aliphatic imine (C=N–C) groups is 1. The van der Waals surface area contributed by atoms with Crippen molar-refractivity contribution in [2.24, 2.45) is 4.99 Å². The Morgan fingerprint density at radius 2 is 2.00 bits per heavy atom. The summed E-state index contributed by atoms with van der Waals surface area (Å²) < 4.78 is 0. The molecule has 0 atom stereocenters. The summed E-state index contributed by atoms with van der Waals surface area (Å²) in [6.07, 6.45) is 0. The van der Waals surface area contributed by atoms with Gasteiger partial charge in [-0.2, -0.15) is 0 Å². The van der Waals surface area contributed by atoms with Gasteiger partial charge in [0.2, 0.25) is 0 Å². The van der Waals surface area contributed by atoms with Crippen molar-refractivity contribution in [3.63, 3.8) is 0 Å². The lowest BCUT2D eigenvalue weighted by atomic mass is 10.1. The van der Waals surface area contributed by atoms with Gasteiger partial charge in [-0.25, -0.2) is 9.97 Å². The van der Waals surface area contributed by atoms with E-state index in [9.17, 15) is 0 Å². The molecule has 0 saturated carbocycles. The summed E-state index contributed by atoms with van der Waals surface area (Å²) in [6, 6.07) is 7.39. The van der Waals surface area contributed by atoms with Gasteiger partial charge in [0.05, 0.1) is 12.2 Å². The van der Waals surface area contributed by atoms with Gasteiger partial charge in [0.25, 0.3) is 0 Å². The Kier molecular flexibility index (Phi) is 3.62. The molecule has 7 heteroatoms. The van der Waals surface area contributed by atoms with Gasteiger partial charge < -0.3 is 16.4 Å². The molecule has 1 aromatic heterocycles.